The summed E-state index contributed by atoms with van der Waals surface area (Å²) >= 11 is 0. The minimum absolute atomic E-state index is 0.00776. The molecule has 2 unspecified atom stereocenters. The molecule has 1 aromatic carbocycles. The van der Waals surface area contributed by atoms with Crippen LogP contribution in [0, 0.1) is 11.7 Å². The predicted octanol–water partition coefficient (Wildman–Crippen LogP) is 2.11. The Labute approximate surface area is 159 Å². The third-order valence-corrected chi connectivity index (χ3v) is 5.18. The fourth-order valence-corrected chi connectivity index (χ4v) is 3.91. The van der Waals surface area contributed by atoms with Crippen molar-refractivity contribution in [2.75, 3.05) is 38.0 Å². The highest BCUT2D eigenvalue weighted by atomic mass is 19.1. The largest absolute Gasteiger partial charge is 0.372 e. The predicted molar refractivity (Wildman–Crippen MR) is 101 cm³/mol. The Morgan fingerprint density at radius 3 is 2.41 bits per heavy atom. The van der Waals surface area contributed by atoms with Crippen LogP contribution in [-0.2, 0) is 14.3 Å². The molecule has 2 atom stereocenters. The van der Waals surface area contributed by atoms with E-state index in [-0.39, 0.29) is 42.2 Å². The van der Waals surface area contributed by atoms with E-state index in [0.717, 1.165) is 12.8 Å². The van der Waals surface area contributed by atoms with Crippen molar-refractivity contribution < 1.29 is 18.7 Å². The molecule has 2 aliphatic heterocycles. The highest BCUT2D eigenvalue weighted by molar-refractivity contribution is 5.92. The van der Waals surface area contributed by atoms with Crippen molar-refractivity contribution in [3.05, 3.63) is 30.1 Å². The first-order chi connectivity index (χ1) is 12.9. The summed E-state index contributed by atoms with van der Waals surface area (Å²) in [6.45, 7) is 6.87. The average Bonchev–Trinajstić information content (AvgIpc) is 2.63. The van der Waals surface area contributed by atoms with Crippen LogP contribution >= 0.6 is 0 Å². The zero-order chi connectivity index (χ0) is 19.4. The van der Waals surface area contributed by atoms with Crippen molar-refractivity contribution in [3.63, 3.8) is 0 Å². The van der Waals surface area contributed by atoms with E-state index in [1.54, 1.807) is 18.2 Å². The van der Waals surface area contributed by atoms with Crippen molar-refractivity contribution in [1.29, 1.82) is 0 Å². The van der Waals surface area contributed by atoms with Gasteiger partial charge in [-0.05, 0) is 51.9 Å². The van der Waals surface area contributed by atoms with Crippen LogP contribution in [0.5, 0.6) is 0 Å². The number of benzene rings is 1. The summed E-state index contributed by atoms with van der Waals surface area (Å²) in [4.78, 5) is 28.9. The van der Waals surface area contributed by atoms with Crippen molar-refractivity contribution >= 4 is 17.5 Å². The van der Waals surface area contributed by atoms with Crippen molar-refractivity contribution in [3.8, 4) is 0 Å². The van der Waals surface area contributed by atoms with E-state index in [1.165, 1.54) is 6.07 Å². The van der Waals surface area contributed by atoms with E-state index in [2.05, 4.69) is 5.32 Å². The SMILES string of the molecule is CC1CN(C(=O)C2CCN(CC(=O)Nc3ccccc3F)CC2)CC(C)O1. The number of nitrogens with zero attached hydrogens (tertiary/aromatic N) is 2. The molecule has 0 saturated carbocycles. The maximum Gasteiger partial charge on any atom is 0.238 e. The number of ether oxygens (including phenoxy) is 1. The Bertz CT molecular complexity index is 666. The number of amides is 2. The number of hydrogen-bond donors (Lipinski definition) is 1. The molecule has 27 heavy (non-hydrogen) atoms. The van der Waals surface area contributed by atoms with Gasteiger partial charge in [0.15, 0.2) is 0 Å². The minimum atomic E-state index is -0.441. The fraction of sp³-hybridized carbons (Fsp3) is 0.600. The van der Waals surface area contributed by atoms with Crippen LogP contribution in [-0.4, -0.2) is 66.5 Å². The third-order valence-electron chi connectivity index (χ3n) is 5.18. The van der Waals surface area contributed by atoms with Crippen LogP contribution in [0.15, 0.2) is 24.3 Å². The van der Waals surface area contributed by atoms with Crippen molar-refractivity contribution in [1.82, 2.24) is 9.80 Å². The molecular weight excluding hydrogens is 349 g/mol. The second-order valence-electron chi connectivity index (χ2n) is 7.58. The van der Waals surface area contributed by atoms with E-state index in [9.17, 15) is 14.0 Å². The zero-order valence-electron chi connectivity index (χ0n) is 16.0. The molecule has 6 nitrogen and oxygen atoms in total. The van der Waals surface area contributed by atoms with Gasteiger partial charge in [-0.25, -0.2) is 4.39 Å². The van der Waals surface area contributed by atoms with E-state index in [0.29, 0.717) is 26.2 Å². The number of halogens is 1. The van der Waals surface area contributed by atoms with Gasteiger partial charge in [0.05, 0.1) is 24.4 Å². The van der Waals surface area contributed by atoms with Crippen molar-refractivity contribution in [2.24, 2.45) is 5.92 Å². The number of rotatable bonds is 4. The molecule has 0 spiro atoms. The first-order valence-electron chi connectivity index (χ1n) is 9.63. The molecule has 2 saturated heterocycles. The molecule has 2 aliphatic rings. The Kier molecular flexibility index (Phi) is 6.44. The molecule has 1 aromatic rings. The minimum Gasteiger partial charge on any atom is -0.372 e. The number of carbonyl (C=O) groups is 2. The van der Waals surface area contributed by atoms with Gasteiger partial charge < -0.3 is 15.0 Å². The molecule has 7 heteroatoms. The number of anilines is 1. The topological polar surface area (TPSA) is 61.9 Å². The Hall–Kier alpha value is -1.99. The van der Waals surface area contributed by atoms with Gasteiger partial charge >= 0.3 is 0 Å². The molecule has 3 rings (SSSR count). The molecule has 148 valence electrons. The maximum absolute atomic E-state index is 13.6. The second kappa shape index (κ2) is 8.80. The van der Waals surface area contributed by atoms with Crippen LogP contribution in [0.3, 0.4) is 0 Å². The average molecular weight is 377 g/mol. The quantitative estimate of drug-likeness (QED) is 0.873. The van der Waals surface area contributed by atoms with E-state index in [4.69, 9.17) is 4.74 Å². The Morgan fingerprint density at radius 1 is 1.15 bits per heavy atom. The number of carbonyl (C=O) groups excluding carboxylic acids is 2. The van der Waals surface area contributed by atoms with E-state index in [1.807, 2.05) is 23.6 Å². The van der Waals surface area contributed by atoms with E-state index < -0.39 is 5.82 Å². The highest BCUT2D eigenvalue weighted by Crippen LogP contribution is 2.22. The lowest BCUT2D eigenvalue weighted by Gasteiger charge is -2.39. The molecule has 0 aliphatic carbocycles. The van der Waals surface area contributed by atoms with Gasteiger partial charge in [-0.15, -0.1) is 0 Å². The number of likely N-dealkylation sites (tertiary alicyclic amines) is 1. The highest BCUT2D eigenvalue weighted by Gasteiger charge is 2.32. The molecule has 0 radical (unpaired) electrons. The first kappa shape index (κ1) is 19.8. The van der Waals surface area contributed by atoms with Gasteiger partial charge in [0, 0.05) is 19.0 Å². The normalized spacial score (nSPS) is 24.6. The van der Waals surface area contributed by atoms with Gasteiger partial charge in [0.1, 0.15) is 5.82 Å². The summed E-state index contributed by atoms with van der Waals surface area (Å²) < 4.78 is 19.3. The summed E-state index contributed by atoms with van der Waals surface area (Å²) in [5.74, 6) is -0.467. The molecular formula is C20H28FN3O3. The summed E-state index contributed by atoms with van der Waals surface area (Å²) in [6.07, 6.45) is 1.62. The molecule has 1 N–H and O–H groups in total. The fourth-order valence-electron chi connectivity index (χ4n) is 3.91. The maximum atomic E-state index is 13.6. The van der Waals surface area contributed by atoms with Gasteiger partial charge in [-0.2, -0.15) is 0 Å². The summed E-state index contributed by atoms with van der Waals surface area (Å²) in [6, 6.07) is 6.13. The number of nitrogens with one attached hydrogen (secondary N) is 1. The standard InChI is InChI=1S/C20H28FN3O3/c1-14-11-24(12-15(2)27-14)20(26)16-7-9-23(10-8-16)13-19(25)22-18-6-4-3-5-17(18)21/h3-6,14-16H,7-13H2,1-2H3,(H,22,25). The van der Waals surface area contributed by atoms with Gasteiger partial charge in [0.25, 0.3) is 0 Å². The van der Waals surface area contributed by atoms with Crippen LogP contribution in [0.1, 0.15) is 26.7 Å². The number of morpholine rings is 1. The molecule has 2 fully saturated rings. The van der Waals surface area contributed by atoms with Gasteiger partial charge in [-0.1, -0.05) is 12.1 Å². The summed E-state index contributed by atoms with van der Waals surface area (Å²) in [7, 11) is 0. The number of piperidine rings is 1. The lowest BCUT2D eigenvalue weighted by Crippen LogP contribution is -2.51. The number of para-hydroxylation sites is 1. The zero-order valence-corrected chi connectivity index (χ0v) is 16.0. The lowest BCUT2D eigenvalue weighted by atomic mass is 9.94. The summed E-state index contributed by atoms with van der Waals surface area (Å²) in [5.41, 5.74) is 0.197. The molecule has 0 aromatic heterocycles. The summed E-state index contributed by atoms with van der Waals surface area (Å²) in [5, 5.41) is 2.61. The monoisotopic (exact) mass is 377 g/mol. The van der Waals surface area contributed by atoms with E-state index >= 15 is 0 Å². The van der Waals surface area contributed by atoms with Crippen LogP contribution < -0.4 is 5.32 Å². The first-order valence-corrected chi connectivity index (χ1v) is 9.63. The van der Waals surface area contributed by atoms with Crippen molar-refractivity contribution in [2.45, 2.75) is 38.9 Å². The van der Waals surface area contributed by atoms with Crippen LogP contribution in [0.4, 0.5) is 10.1 Å². The van der Waals surface area contributed by atoms with Crippen LogP contribution in [0.25, 0.3) is 0 Å². The molecule has 2 heterocycles. The van der Waals surface area contributed by atoms with Gasteiger partial charge in [-0.3, -0.25) is 14.5 Å². The Morgan fingerprint density at radius 2 is 1.78 bits per heavy atom. The van der Waals surface area contributed by atoms with Gasteiger partial charge in [0.2, 0.25) is 11.8 Å². The Balaban J connectivity index is 1.45. The third kappa shape index (κ3) is 5.26. The smallest absolute Gasteiger partial charge is 0.238 e. The second-order valence-corrected chi connectivity index (χ2v) is 7.58. The molecule has 2 amide bonds. The molecule has 0 bridgehead atoms. The number of hydrogen-bond acceptors (Lipinski definition) is 4. The van der Waals surface area contributed by atoms with Crippen LogP contribution in [0.2, 0.25) is 0 Å². The lowest BCUT2D eigenvalue weighted by molar-refractivity contribution is -0.148.